The van der Waals surface area contributed by atoms with Crippen molar-refractivity contribution < 1.29 is 13.2 Å². The zero-order valence-electron chi connectivity index (χ0n) is 15.2. The van der Waals surface area contributed by atoms with Crippen LogP contribution < -0.4 is 9.62 Å². The summed E-state index contributed by atoms with van der Waals surface area (Å²) in [6, 6.07) is 12.5. The van der Waals surface area contributed by atoms with Crippen LogP contribution >= 0.6 is 0 Å². The molecule has 2 aromatic carbocycles. The van der Waals surface area contributed by atoms with Gasteiger partial charge in [0.2, 0.25) is 10.0 Å². The number of amides is 1. The molecule has 2 aromatic rings. The SMILES string of the molecule is Cc1ccc([C@H](C)NC(=O)c2cccc(N(C)S(C)(=O)=O)c2)c(C)c1. The van der Waals surface area contributed by atoms with E-state index in [4.69, 9.17) is 0 Å². The molecule has 25 heavy (non-hydrogen) atoms. The predicted octanol–water partition coefficient (Wildman–Crippen LogP) is 3.19. The molecule has 0 bridgehead atoms. The van der Waals surface area contributed by atoms with E-state index in [1.807, 2.05) is 32.9 Å². The van der Waals surface area contributed by atoms with E-state index >= 15 is 0 Å². The van der Waals surface area contributed by atoms with Crippen LogP contribution in [0, 0.1) is 13.8 Å². The van der Waals surface area contributed by atoms with Crippen LogP contribution in [-0.2, 0) is 10.0 Å². The molecule has 1 N–H and O–H groups in total. The van der Waals surface area contributed by atoms with Gasteiger partial charge in [-0.25, -0.2) is 8.42 Å². The van der Waals surface area contributed by atoms with E-state index < -0.39 is 10.0 Å². The summed E-state index contributed by atoms with van der Waals surface area (Å²) in [4.78, 5) is 12.6. The minimum Gasteiger partial charge on any atom is -0.346 e. The number of aryl methyl sites for hydroxylation is 2. The summed E-state index contributed by atoms with van der Waals surface area (Å²) in [7, 11) is -1.91. The van der Waals surface area contributed by atoms with Crippen LogP contribution in [0.1, 0.15) is 40.0 Å². The summed E-state index contributed by atoms with van der Waals surface area (Å²) in [5.74, 6) is -0.240. The van der Waals surface area contributed by atoms with Gasteiger partial charge in [-0.05, 0) is 50.1 Å². The molecule has 0 saturated heterocycles. The van der Waals surface area contributed by atoms with Gasteiger partial charge in [0.15, 0.2) is 0 Å². The highest BCUT2D eigenvalue weighted by molar-refractivity contribution is 7.92. The highest BCUT2D eigenvalue weighted by atomic mass is 32.2. The molecule has 0 saturated carbocycles. The summed E-state index contributed by atoms with van der Waals surface area (Å²) in [5, 5.41) is 2.97. The second-order valence-electron chi connectivity index (χ2n) is 6.34. The number of rotatable bonds is 5. The molecule has 0 aliphatic carbocycles. The van der Waals surface area contributed by atoms with Crippen molar-refractivity contribution in [3.05, 3.63) is 64.7 Å². The molecule has 134 valence electrons. The number of sulfonamides is 1. The quantitative estimate of drug-likeness (QED) is 0.890. The number of nitrogens with one attached hydrogen (secondary N) is 1. The zero-order valence-corrected chi connectivity index (χ0v) is 16.0. The summed E-state index contributed by atoms with van der Waals surface area (Å²) >= 11 is 0. The van der Waals surface area contributed by atoms with Crippen molar-refractivity contribution in [2.24, 2.45) is 0 Å². The molecule has 2 rings (SSSR count). The second kappa shape index (κ2) is 7.27. The molecule has 1 amide bonds. The van der Waals surface area contributed by atoms with Crippen molar-refractivity contribution in [3.8, 4) is 0 Å². The van der Waals surface area contributed by atoms with Crippen LogP contribution in [0.2, 0.25) is 0 Å². The summed E-state index contributed by atoms with van der Waals surface area (Å²) in [6.07, 6.45) is 1.13. The molecule has 0 radical (unpaired) electrons. The molecule has 0 unspecified atom stereocenters. The standard InChI is InChI=1S/C19H24N2O3S/c1-13-9-10-18(14(2)11-13)15(3)20-19(22)16-7-6-8-17(12-16)21(4)25(5,23)24/h6-12,15H,1-5H3,(H,20,22)/t15-/m0/s1. The van der Waals surface area contributed by atoms with E-state index in [0.29, 0.717) is 11.3 Å². The van der Waals surface area contributed by atoms with Crippen LogP contribution in [0.25, 0.3) is 0 Å². The normalized spacial score (nSPS) is 12.5. The van der Waals surface area contributed by atoms with E-state index in [9.17, 15) is 13.2 Å². The molecule has 5 nitrogen and oxygen atoms in total. The van der Waals surface area contributed by atoms with Crippen molar-refractivity contribution >= 4 is 21.6 Å². The van der Waals surface area contributed by atoms with Crippen LogP contribution in [0.15, 0.2) is 42.5 Å². The molecule has 0 heterocycles. The maximum Gasteiger partial charge on any atom is 0.251 e. The molecule has 0 fully saturated rings. The lowest BCUT2D eigenvalue weighted by Crippen LogP contribution is -2.28. The van der Waals surface area contributed by atoms with E-state index in [2.05, 4.69) is 11.4 Å². The average molecular weight is 360 g/mol. The second-order valence-corrected chi connectivity index (χ2v) is 8.35. The number of hydrogen-bond donors (Lipinski definition) is 1. The van der Waals surface area contributed by atoms with Gasteiger partial charge in [-0.15, -0.1) is 0 Å². The van der Waals surface area contributed by atoms with Crippen LogP contribution in [0.4, 0.5) is 5.69 Å². The molecular weight excluding hydrogens is 336 g/mol. The van der Waals surface area contributed by atoms with Gasteiger partial charge in [-0.2, -0.15) is 0 Å². The summed E-state index contributed by atoms with van der Waals surface area (Å²) in [6.45, 7) is 5.98. The highest BCUT2D eigenvalue weighted by Crippen LogP contribution is 2.21. The third kappa shape index (κ3) is 4.60. The number of nitrogens with zero attached hydrogens (tertiary/aromatic N) is 1. The van der Waals surface area contributed by atoms with E-state index in [0.717, 1.165) is 21.7 Å². The number of anilines is 1. The van der Waals surface area contributed by atoms with Gasteiger partial charge >= 0.3 is 0 Å². The minimum atomic E-state index is -3.37. The van der Waals surface area contributed by atoms with Crippen molar-refractivity contribution in [1.82, 2.24) is 5.32 Å². The van der Waals surface area contributed by atoms with Crippen molar-refractivity contribution in [2.45, 2.75) is 26.8 Å². The predicted molar refractivity (Wildman–Crippen MR) is 101 cm³/mol. The van der Waals surface area contributed by atoms with E-state index in [-0.39, 0.29) is 11.9 Å². The summed E-state index contributed by atoms with van der Waals surface area (Å²) < 4.78 is 24.5. The first-order valence-corrected chi connectivity index (χ1v) is 9.86. The first-order chi connectivity index (χ1) is 11.6. The Morgan fingerprint density at radius 1 is 1.12 bits per heavy atom. The van der Waals surface area contributed by atoms with Crippen LogP contribution in [-0.4, -0.2) is 27.6 Å². The number of carbonyl (C=O) groups is 1. The molecule has 0 spiro atoms. The van der Waals surface area contributed by atoms with E-state index in [1.54, 1.807) is 24.3 Å². The van der Waals surface area contributed by atoms with Gasteiger partial charge in [0, 0.05) is 12.6 Å². The fraction of sp³-hybridized carbons (Fsp3) is 0.316. The van der Waals surface area contributed by atoms with E-state index in [1.165, 1.54) is 12.6 Å². The van der Waals surface area contributed by atoms with Crippen molar-refractivity contribution in [2.75, 3.05) is 17.6 Å². The summed E-state index contributed by atoms with van der Waals surface area (Å²) in [5.41, 5.74) is 4.23. The van der Waals surface area contributed by atoms with Gasteiger partial charge < -0.3 is 5.32 Å². The Balaban J connectivity index is 2.21. The molecule has 0 aromatic heterocycles. The molecule has 0 aliphatic rings. The third-order valence-electron chi connectivity index (χ3n) is 4.21. The fourth-order valence-electron chi connectivity index (χ4n) is 2.70. The van der Waals surface area contributed by atoms with Gasteiger partial charge in [-0.1, -0.05) is 29.8 Å². The Morgan fingerprint density at radius 2 is 1.80 bits per heavy atom. The highest BCUT2D eigenvalue weighted by Gasteiger charge is 2.16. The Bertz CT molecular complexity index is 891. The fourth-order valence-corrected chi connectivity index (χ4v) is 3.20. The number of benzene rings is 2. The zero-order chi connectivity index (χ0) is 18.8. The molecular formula is C19H24N2O3S. The Labute approximate surface area is 149 Å². The van der Waals surface area contributed by atoms with Gasteiger partial charge in [-0.3, -0.25) is 9.10 Å². The average Bonchev–Trinajstić information content (AvgIpc) is 2.53. The monoisotopic (exact) mass is 360 g/mol. The lowest BCUT2D eigenvalue weighted by Gasteiger charge is -2.19. The topological polar surface area (TPSA) is 66.5 Å². The Morgan fingerprint density at radius 3 is 2.40 bits per heavy atom. The largest absolute Gasteiger partial charge is 0.346 e. The molecule has 0 aliphatic heterocycles. The minimum absolute atomic E-state index is 0.149. The first kappa shape index (κ1) is 19.0. The maximum atomic E-state index is 12.6. The third-order valence-corrected chi connectivity index (χ3v) is 5.41. The van der Waals surface area contributed by atoms with Crippen molar-refractivity contribution in [1.29, 1.82) is 0 Å². The van der Waals surface area contributed by atoms with Crippen molar-refractivity contribution in [3.63, 3.8) is 0 Å². The maximum absolute atomic E-state index is 12.6. The van der Waals surface area contributed by atoms with Crippen LogP contribution in [0.3, 0.4) is 0 Å². The van der Waals surface area contributed by atoms with Gasteiger partial charge in [0.25, 0.3) is 5.91 Å². The Hall–Kier alpha value is -2.34. The van der Waals surface area contributed by atoms with Gasteiger partial charge in [0.1, 0.15) is 0 Å². The molecule has 6 heteroatoms. The smallest absolute Gasteiger partial charge is 0.251 e. The Kier molecular flexibility index (Phi) is 5.52. The lowest BCUT2D eigenvalue weighted by molar-refractivity contribution is 0.0940. The first-order valence-electron chi connectivity index (χ1n) is 8.01. The number of hydrogen-bond acceptors (Lipinski definition) is 3. The van der Waals surface area contributed by atoms with Gasteiger partial charge in [0.05, 0.1) is 18.0 Å². The lowest BCUT2D eigenvalue weighted by atomic mass is 10.00. The number of carbonyl (C=O) groups excluding carboxylic acids is 1. The van der Waals surface area contributed by atoms with Crippen LogP contribution in [0.5, 0.6) is 0 Å². The molecule has 1 atom stereocenters.